The van der Waals surface area contributed by atoms with Crippen molar-refractivity contribution in [3.05, 3.63) is 107 Å². The van der Waals surface area contributed by atoms with Gasteiger partial charge in [0, 0.05) is 18.8 Å². The summed E-state index contributed by atoms with van der Waals surface area (Å²) in [5.41, 5.74) is 5.45. The summed E-state index contributed by atoms with van der Waals surface area (Å²) in [6, 6.07) is 30.1. The largest absolute Gasteiger partial charge is 0.348 e. The molecule has 3 aromatic carbocycles. The van der Waals surface area contributed by atoms with Crippen molar-refractivity contribution in [1.82, 2.24) is 4.90 Å². The fourth-order valence-corrected chi connectivity index (χ4v) is 5.58. The molecule has 0 unspecified atom stereocenters. The molecule has 0 aromatic heterocycles. The molecule has 156 valence electrons. The van der Waals surface area contributed by atoms with E-state index in [1.807, 2.05) is 10.8 Å². The lowest BCUT2D eigenvalue weighted by molar-refractivity contribution is 0.421. The van der Waals surface area contributed by atoms with Gasteiger partial charge < -0.3 is 4.90 Å². The molecule has 30 heavy (non-hydrogen) atoms. The summed E-state index contributed by atoms with van der Waals surface area (Å²) in [4.78, 5) is 2.29. The highest BCUT2D eigenvalue weighted by Gasteiger charge is 2.14. The SMILES string of the molecule is CC(C)(C)c1ccc(CSSC(=S)N(Cc2ccccc2)Cc2ccccc2)cc1. The highest BCUT2D eigenvalue weighted by atomic mass is 33.1. The van der Waals surface area contributed by atoms with E-state index in [0.29, 0.717) is 0 Å². The third-order valence-corrected chi connectivity index (χ3v) is 7.84. The van der Waals surface area contributed by atoms with Crippen LogP contribution in [0.1, 0.15) is 43.0 Å². The first-order chi connectivity index (χ1) is 14.4. The molecule has 0 saturated carbocycles. The number of nitrogens with zero attached hydrogens (tertiary/aromatic N) is 1. The van der Waals surface area contributed by atoms with Crippen LogP contribution in [0.5, 0.6) is 0 Å². The lowest BCUT2D eigenvalue weighted by atomic mass is 9.87. The fourth-order valence-electron chi connectivity index (χ4n) is 3.09. The summed E-state index contributed by atoms with van der Waals surface area (Å²) in [5.74, 6) is 0.944. The maximum atomic E-state index is 5.83. The monoisotopic (exact) mass is 451 g/mol. The molecule has 0 aliphatic carbocycles. The van der Waals surface area contributed by atoms with Gasteiger partial charge in [0.1, 0.15) is 4.32 Å². The first kappa shape index (κ1) is 22.9. The van der Waals surface area contributed by atoms with Crippen molar-refractivity contribution in [3.8, 4) is 0 Å². The summed E-state index contributed by atoms with van der Waals surface area (Å²) in [7, 11) is 3.51. The van der Waals surface area contributed by atoms with Gasteiger partial charge in [-0.25, -0.2) is 0 Å². The summed E-state index contributed by atoms with van der Waals surface area (Å²) in [5, 5.41) is 0. The van der Waals surface area contributed by atoms with Crippen molar-refractivity contribution in [2.75, 3.05) is 0 Å². The molecule has 0 N–H and O–H groups in total. The van der Waals surface area contributed by atoms with Crippen molar-refractivity contribution in [2.24, 2.45) is 0 Å². The molecule has 0 heterocycles. The van der Waals surface area contributed by atoms with Crippen LogP contribution in [-0.2, 0) is 24.3 Å². The van der Waals surface area contributed by atoms with Gasteiger partial charge in [-0.15, -0.1) is 0 Å². The average molecular weight is 452 g/mol. The standard InChI is InChI=1S/C26H29NS3/c1-26(2,3)24-16-14-23(15-17-24)20-29-30-25(28)27(18-21-10-6-4-7-11-21)19-22-12-8-5-9-13-22/h4-17H,18-20H2,1-3H3. The Morgan fingerprint density at radius 3 is 1.70 bits per heavy atom. The molecule has 0 spiro atoms. The maximum Gasteiger partial charge on any atom is 0.147 e. The molecule has 0 bridgehead atoms. The van der Waals surface area contributed by atoms with Crippen LogP contribution in [-0.4, -0.2) is 9.22 Å². The van der Waals surface area contributed by atoms with Crippen LogP contribution in [0.25, 0.3) is 0 Å². The van der Waals surface area contributed by atoms with Gasteiger partial charge in [-0.05, 0) is 38.5 Å². The summed E-state index contributed by atoms with van der Waals surface area (Å²) in [6.07, 6.45) is 0. The minimum Gasteiger partial charge on any atom is -0.348 e. The molecule has 0 aliphatic heterocycles. The summed E-state index contributed by atoms with van der Waals surface area (Å²) in [6.45, 7) is 8.39. The van der Waals surface area contributed by atoms with Gasteiger partial charge in [0.25, 0.3) is 0 Å². The third-order valence-electron chi connectivity index (χ3n) is 4.87. The number of hydrogen-bond donors (Lipinski definition) is 0. The number of rotatable bonds is 7. The topological polar surface area (TPSA) is 3.24 Å². The van der Waals surface area contributed by atoms with Crippen molar-refractivity contribution in [3.63, 3.8) is 0 Å². The van der Waals surface area contributed by atoms with Crippen molar-refractivity contribution in [2.45, 2.75) is 45.0 Å². The van der Waals surface area contributed by atoms with E-state index >= 15 is 0 Å². The zero-order valence-corrected chi connectivity index (χ0v) is 20.3. The van der Waals surface area contributed by atoms with E-state index in [4.69, 9.17) is 12.2 Å². The minimum atomic E-state index is 0.192. The first-order valence-corrected chi connectivity index (χ1v) is 12.9. The Morgan fingerprint density at radius 1 is 0.733 bits per heavy atom. The zero-order chi connectivity index (χ0) is 21.4. The fraction of sp³-hybridized carbons (Fsp3) is 0.269. The van der Waals surface area contributed by atoms with Gasteiger partial charge in [-0.1, -0.05) is 129 Å². The normalized spacial score (nSPS) is 11.3. The van der Waals surface area contributed by atoms with Crippen LogP contribution in [0, 0.1) is 0 Å². The second-order valence-electron chi connectivity index (χ2n) is 8.39. The third kappa shape index (κ3) is 7.19. The van der Waals surface area contributed by atoms with Crippen LogP contribution in [0.2, 0.25) is 0 Å². The first-order valence-electron chi connectivity index (χ1n) is 10.2. The minimum absolute atomic E-state index is 0.192. The highest BCUT2D eigenvalue weighted by molar-refractivity contribution is 8.83. The van der Waals surface area contributed by atoms with E-state index in [0.717, 1.165) is 23.2 Å². The molecule has 0 atom stereocenters. The van der Waals surface area contributed by atoms with E-state index in [9.17, 15) is 0 Å². The van der Waals surface area contributed by atoms with E-state index in [1.54, 1.807) is 10.8 Å². The molecule has 0 fully saturated rings. The number of hydrogen-bond acceptors (Lipinski definition) is 3. The highest BCUT2D eigenvalue weighted by Crippen LogP contribution is 2.31. The lowest BCUT2D eigenvalue weighted by Gasteiger charge is -2.25. The predicted molar refractivity (Wildman–Crippen MR) is 139 cm³/mol. The Kier molecular flexibility index (Phi) is 8.43. The number of thiocarbonyl (C=S) groups is 1. The van der Waals surface area contributed by atoms with E-state index in [2.05, 4.69) is 111 Å². The smallest absolute Gasteiger partial charge is 0.147 e. The average Bonchev–Trinajstić information content (AvgIpc) is 2.74. The second kappa shape index (κ2) is 11.0. The Labute approximate surface area is 194 Å². The van der Waals surface area contributed by atoms with Crippen LogP contribution < -0.4 is 0 Å². The Balaban J connectivity index is 1.59. The molecule has 1 nitrogen and oxygen atoms in total. The van der Waals surface area contributed by atoms with E-state index < -0.39 is 0 Å². The van der Waals surface area contributed by atoms with Crippen LogP contribution in [0.3, 0.4) is 0 Å². The molecule has 0 aliphatic rings. The Morgan fingerprint density at radius 2 is 1.23 bits per heavy atom. The molecule has 0 amide bonds. The maximum absolute atomic E-state index is 5.83. The van der Waals surface area contributed by atoms with Crippen LogP contribution >= 0.6 is 33.8 Å². The van der Waals surface area contributed by atoms with Gasteiger partial charge in [-0.3, -0.25) is 0 Å². The molecule has 3 aromatic rings. The quantitative estimate of drug-likeness (QED) is 0.265. The molecule has 3 rings (SSSR count). The summed E-state index contributed by atoms with van der Waals surface area (Å²) < 4.78 is 0.930. The van der Waals surface area contributed by atoms with Crippen molar-refractivity contribution >= 4 is 38.1 Å². The van der Waals surface area contributed by atoms with Gasteiger partial charge in [0.15, 0.2) is 0 Å². The van der Waals surface area contributed by atoms with Gasteiger partial charge in [0.05, 0.1) is 0 Å². The van der Waals surface area contributed by atoms with Gasteiger partial charge in [-0.2, -0.15) is 0 Å². The molecule has 0 saturated heterocycles. The predicted octanol–water partition coefficient (Wildman–Crippen LogP) is 7.85. The Hall–Kier alpha value is -1.75. The van der Waals surface area contributed by atoms with E-state index in [1.165, 1.54) is 22.3 Å². The molecule has 0 radical (unpaired) electrons. The van der Waals surface area contributed by atoms with Gasteiger partial charge in [0.2, 0.25) is 0 Å². The van der Waals surface area contributed by atoms with Crippen LogP contribution in [0.4, 0.5) is 0 Å². The van der Waals surface area contributed by atoms with Crippen LogP contribution in [0.15, 0.2) is 84.9 Å². The molecular formula is C26H29NS3. The Bertz CT molecular complexity index is 875. The van der Waals surface area contributed by atoms with Crippen molar-refractivity contribution < 1.29 is 0 Å². The van der Waals surface area contributed by atoms with Gasteiger partial charge >= 0.3 is 0 Å². The molecular weight excluding hydrogens is 422 g/mol. The molecule has 4 heteroatoms. The second-order valence-corrected chi connectivity index (χ2v) is 11.3. The zero-order valence-electron chi connectivity index (χ0n) is 17.9. The lowest BCUT2D eigenvalue weighted by Crippen LogP contribution is -2.26. The van der Waals surface area contributed by atoms with E-state index in [-0.39, 0.29) is 5.41 Å². The number of benzene rings is 3. The summed E-state index contributed by atoms with van der Waals surface area (Å²) >= 11 is 5.83. The van der Waals surface area contributed by atoms with Crippen molar-refractivity contribution in [1.29, 1.82) is 0 Å².